The van der Waals surface area contributed by atoms with Crippen LogP contribution in [0.15, 0.2) is 18.2 Å². The first-order chi connectivity index (χ1) is 7.91. The summed E-state index contributed by atoms with van der Waals surface area (Å²) in [5.41, 5.74) is -0.286. The monoisotopic (exact) mass is 243 g/mol. The fraction of sp³-hybridized carbons (Fsp3) is 0.273. The number of nitrogens with one attached hydrogen (secondary N) is 1. The molecule has 1 unspecified atom stereocenters. The van der Waals surface area contributed by atoms with E-state index in [-0.39, 0.29) is 12.1 Å². The van der Waals surface area contributed by atoms with Crippen molar-refractivity contribution in [2.75, 3.05) is 6.54 Å². The van der Waals surface area contributed by atoms with Gasteiger partial charge in [-0.25, -0.2) is 8.78 Å². The molecule has 0 fully saturated rings. The molecule has 1 amide bonds. The Morgan fingerprint density at radius 1 is 1.41 bits per heavy atom. The molecule has 0 saturated heterocycles. The molecule has 0 aliphatic carbocycles. The molecular weight excluding hydrogens is 232 g/mol. The van der Waals surface area contributed by atoms with Gasteiger partial charge in [-0.1, -0.05) is 0 Å². The topological polar surface area (TPSA) is 66.4 Å². The average molecular weight is 243 g/mol. The molecule has 1 rings (SSSR count). The molecule has 0 bridgehead atoms. The third kappa shape index (κ3) is 3.51. The van der Waals surface area contributed by atoms with Gasteiger partial charge in [0.05, 0.1) is 0 Å². The first-order valence-electron chi connectivity index (χ1n) is 4.84. The van der Waals surface area contributed by atoms with E-state index >= 15 is 0 Å². The van der Waals surface area contributed by atoms with E-state index < -0.39 is 29.4 Å². The summed E-state index contributed by atoms with van der Waals surface area (Å²) in [5, 5.41) is 11.2. The molecular formula is C11H11F2NO3. The van der Waals surface area contributed by atoms with Crippen LogP contribution in [0, 0.1) is 11.6 Å². The smallest absolute Gasteiger partial charge is 0.312 e. The van der Waals surface area contributed by atoms with Crippen molar-refractivity contribution in [3.8, 4) is 0 Å². The van der Waals surface area contributed by atoms with E-state index in [1.54, 1.807) is 0 Å². The molecule has 17 heavy (non-hydrogen) atoms. The van der Waals surface area contributed by atoms with Crippen LogP contribution in [0.1, 0.15) is 18.4 Å². The molecule has 0 aromatic heterocycles. The van der Waals surface area contributed by atoms with Crippen molar-refractivity contribution in [1.82, 2.24) is 5.32 Å². The van der Waals surface area contributed by atoms with E-state index in [2.05, 4.69) is 5.32 Å². The molecule has 92 valence electrons. The first kappa shape index (κ1) is 13.1. The van der Waals surface area contributed by atoms with Crippen LogP contribution < -0.4 is 5.32 Å². The predicted octanol–water partition coefficient (Wildman–Crippen LogP) is 1.27. The third-order valence-electron chi connectivity index (χ3n) is 2.19. The highest BCUT2D eigenvalue weighted by atomic mass is 19.1. The second kappa shape index (κ2) is 5.38. The lowest BCUT2D eigenvalue weighted by molar-refractivity contribution is -0.138. The van der Waals surface area contributed by atoms with Crippen LogP contribution >= 0.6 is 0 Å². The van der Waals surface area contributed by atoms with Crippen molar-refractivity contribution in [2.45, 2.75) is 12.8 Å². The molecule has 0 aliphatic rings. The summed E-state index contributed by atoms with van der Waals surface area (Å²) in [6.07, 6.45) is 0. The summed E-state index contributed by atoms with van der Waals surface area (Å²) >= 11 is 0. The highest BCUT2D eigenvalue weighted by Crippen LogP contribution is 2.20. The van der Waals surface area contributed by atoms with Crippen molar-refractivity contribution in [3.63, 3.8) is 0 Å². The minimum absolute atomic E-state index is 0.286. The van der Waals surface area contributed by atoms with Crippen LogP contribution in [0.5, 0.6) is 0 Å². The van der Waals surface area contributed by atoms with Gasteiger partial charge in [0.25, 0.3) is 0 Å². The minimum atomic E-state index is -1.33. The van der Waals surface area contributed by atoms with Crippen LogP contribution in [-0.2, 0) is 9.59 Å². The van der Waals surface area contributed by atoms with Gasteiger partial charge in [-0.2, -0.15) is 0 Å². The van der Waals surface area contributed by atoms with Crippen LogP contribution in [0.4, 0.5) is 8.78 Å². The summed E-state index contributed by atoms with van der Waals surface area (Å²) in [6, 6.07) is 2.57. The lowest BCUT2D eigenvalue weighted by Crippen LogP contribution is -2.30. The van der Waals surface area contributed by atoms with Crippen LogP contribution in [-0.4, -0.2) is 23.5 Å². The third-order valence-corrected chi connectivity index (χ3v) is 2.19. The molecule has 6 heteroatoms. The van der Waals surface area contributed by atoms with E-state index in [9.17, 15) is 18.4 Å². The fourth-order valence-corrected chi connectivity index (χ4v) is 1.36. The van der Waals surface area contributed by atoms with E-state index in [4.69, 9.17) is 5.11 Å². The van der Waals surface area contributed by atoms with Crippen molar-refractivity contribution in [2.24, 2.45) is 0 Å². The molecule has 0 saturated carbocycles. The van der Waals surface area contributed by atoms with Crippen molar-refractivity contribution < 1.29 is 23.5 Å². The normalized spacial score (nSPS) is 11.9. The Balaban J connectivity index is 3.00. The fourth-order valence-electron chi connectivity index (χ4n) is 1.36. The van der Waals surface area contributed by atoms with Crippen LogP contribution in [0.2, 0.25) is 0 Å². The highest BCUT2D eigenvalue weighted by Gasteiger charge is 2.23. The van der Waals surface area contributed by atoms with Crippen molar-refractivity contribution in [3.05, 3.63) is 35.4 Å². The number of carbonyl (C=O) groups excluding carboxylic acids is 1. The Hall–Kier alpha value is -1.98. The van der Waals surface area contributed by atoms with E-state index in [1.807, 2.05) is 0 Å². The van der Waals surface area contributed by atoms with E-state index in [0.29, 0.717) is 0 Å². The number of hydrogen-bond acceptors (Lipinski definition) is 2. The Kier molecular flexibility index (Phi) is 4.14. The summed E-state index contributed by atoms with van der Waals surface area (Å²) < 4.78 is 26.3. The minimum Gasteiger partial charge on any atom is -0.481 e. The second-order valence-electron chi connectivity index (χ2n) is 3.49. The maximum absolute atomic E-state index is 13.4. The molecule has 0 radical (unpaired) electrons. The lowest BCUT2D eigenvalue weighted by Gasteiger charge is -2.13. The quantitative estimate of drug-likeness (QED) is 0.836. The molecule has 1 aromatic rings. The zero-order valence-electron chi connectivity index (χ0n) is 9.04. The van der Waals surface area contributed by atoms with Gasteiger partial charge in [0.2, 0.25) is 5.91 Å². The summed E-state index contributed by atoms with van der Waals surface area (Å²) in [4.78, 5) is 21.6. The zero-order chi connectivity index (χ0) is 13.0. The predicted molar refractivity (Wildman–Crippen MR) is 55.4 cm³/mol. The Bertz CT molecular complexity index is 448. The molecule has 1 atom stereocenters. The number of amides is 1. The standard InChI is InChI=1S/C11H11F2NO3/c1-6(15)14-5-9(11(16)17)8-4-7(12)2-3-10(8)13/h2-4,9H,5H2,1H3,(H,14,15)(H,16,17). The molecule has 0 spiro atoms. The highest BCUT2D eigenvalue weighted by molar-refractivity contribution is 5.78. The van der Waals surface area contributed by atoms with Gasteiger partial charge in [0, 0.05) is 19.0 Å². The number of carbonyl (C=O) groups is 2. The van der Waals surface area contributed by atoms with E-state index in [1.165, 1.54) is 6.92 Å². The number of hydrogen-bond donors (Lipinski definition) is 2. The molecule has 0 aliphatic heterocycles. The lowest BCUT2D eigenvalue weighted by atomic mass is 9.98. The summed E-state index contributed by atoms with van der Waals surface area (Å²) in [5.74, 6) is -4.62. The maximum atomic E-state index is 13.4. The number of carboxylic acids is 1. The van der Waals surface area contributed by atoms with Gasteiger partial charge in [-0.05, 0) is 18.2 Å². The van der Waals surface area contributed by atoms with Gasteiger partial charge < -0.3 is 10.4 Å². The second-order valence-corrected chi connectivity index (χ2v) is 3.49. The molecule has 1 aromatic carbocycles. The Morgan fingerprint density at radius 3 is 2.59 bits per heavy atom. The number of rotatable bonds is 4. The zero-order valence-corrected chi connectivity index (χ0v) is 9.04. The maximum Gasteiger partial charge on any atom is 0.312 e. The van der Waals surface area contributed by atoms with Gasteiger partial charge in [0.1, 0.15) is 17.6 Å². The number of aliphatic carboxylic acids is 1. The van der Waals surface area contributed by atoms with E-state index in [0.717, 1.165) is 18.2 Å². The van der Waals surface area contributed by atoms with Crippen LogP contribution in [0.3, 0.4) is 0 Å². The molecule has 2 N–H and O–H groups in total. The number of halogens is 2. The largest absolute Gasteiger partial charge is 0.481 e. The number of benzene rings is 1. The average Bonchev–Trinajstić information content (AvgIpc) is 2.22. The SMILES string of the molecule is CC(=O)NCC(C(=O)O)c1cc(F)ccc1F. The van der Waals surface area contributed by atoms with Gasteiger partial charge in [0.15, 0.2) is 0 Å². The summed E-state index contributed by atoms with van der Waals surface area (Å²) in [6.45, 7) is 0.923. The van der Waals surface area contributed by atoms with Crippen molar-refractivity contribution in [1.29, 1.82) is 0 Å². The van der Waals surface area contributed by atoms with Crippen molar-refractivity contribution >= 4 is 11.9 Å². The molecule has 4 nitrogen and oxygen atoms in total. The Labute approximate surface area is 96.3 Å². The first-order valence-corrected chi connectivity index (χ1v) is 4.84. The van der Waals surface area contributed by atoms with Gasteiger partial charge in [-0.15, -0.1) is 0 Å². The van der Waals surface area contributed by atoms with Gasteiger partial charge >= 0.3 is 5.97 Å². The Morgan fingerprint density at radius 2 is 2.06 bits per heavy atom. The van der Waals surface area contributed by atoms with Crippen LogP contribution in [0.25, 0.3) is 0 Å². The number of carboxylic acid groups (broad SMARTS) is 1. The molecule has 0 heterocycles. The van der Waals surface area contributed by atoms with Gasteiger partial charge in [-0.3, -0.25) is 9.59 Å². The summed E-state index contributed by atoms with van der Waals surface area (Å²) in [7, 11) is 0.